The zero-order valence-electron chi connectivity index (χ0n) is 9.42. The van der Waals surface area contributed by atoms with Gasteiger partial charge < -0.3 is 5.11 Å². The molecule has 0 amide bonds. The molecule has 0 N–H and O–H groups in total. The van der Waals surface area contributed by atoms with Crippen molar-refractivity contribution in [1.82, 2.24) is 0 Å². The zero-order chi connectivity index (χ0) is 9.68. The molecule has 0 aromatic heterocycles. The fraction of sp³-hybridized carbons (Fsp3) is 0.500. The van der Waals surface area contributed by atoms with E-state index >= 15 is 0 Å². The quantitative estimate of drug-likeness (QED) is 0.734. The summed E-state index contributed by atoms with van der Waals surface area (Å²) in [4.78, 5) is 0. The standard InChI is InChI=1S/C12H18O.Rb/c1-3-10(2)8-9-11-6-4-5-7-12(11)13;/h4-7,10,13H,3,8-9H2,1-2H3;/q;+1/p-1/t10-;/m1./s1. The summed E-state index contributed by atoms with van der Waals surface area (Å²) in [7, 11) is 0. The van der Waals surface area contributed by atoms with Gasteiger partial charge in [0.1, 0.15) is 0 Å². The van der Waals surface area contributed by atoms with Crippen molar-refractivity contribution in [2.24, 2.45) is 5.92 Å². The Morgan fingerprint density at radius 1 is 1.29 bits per heavy atom. The van der Waals surface area contributed by atoms with Gasteiger partial charge in [0.15, 0.2) is 0 Å². The van der Waals surface area contributed by atoms with E-state index in [0.29, 0.717) is 0 Å². The third-order valence-electron chi connectivity index (χ3n) is 2.58. The van der Waals surface area contributed by atoms with Crippen LogP contribution < -0.4 is 63.3 Å². The van der Waals surface area contributed by atoms with Crippen LogP contribution in [-0.2, 0) is 6.42 Å². The number of para-hydroxylation sites is 1. The Morgan fingerprint density at radius 3 is 2.50 bits per heavy atom. The second kappa shape index (κ2) is 8.03. The first-order chi connectivity index (χ1) is 6.24. The summed E-state index contributed by atoms with van der Waals surface area (Å²) in [6, 6.07) is 7.32. The predicted octanol–water partition coefficient (Wildman–Crippen LogP) is -0.257. The normalized spacial score (nSPS) is 11.9. The first kappa shape index (κ1) is 14.8. The molecule has 0 fully saturated rings. The first-order valence-corrected chi connectivity index (χ1v) is 4.99. The summed E-state index contributed by atoms with van der Waals surface area (Å²) < 4.78 is 0. The minimum absolute atomic E-state index is 0. The number of benzene rings is 1. The molecule has 0 heterocycles. The number of hydrogen-bond acceptors (Lipinski definition) is 1. The molecule has 2 heteroatoms. The van der Waals surface area contributed by atoms with Crippen molar-refractivity contribution >= 4 is 0 Å². The Kier molecular flexibility index (Phi) is 8.51. The summed E-state index contributed by atoms with van der Waals surface area (Å²) >= 11 is 0. The second-order valence-corrected chi connectivity index (χ2v) is 3.66. The van der Waals surface area contributed by atoms with Crippen molar-refractivity contribution in [3.63, 3.8) is 0 Å². The molecular formula is C12H17ORb. The topological polar surface area (TPSA) is 23.1 Å². The fourth-order valence-corrected chi connectivity index (χ4v) is 1.32. The van der Waals surface area contributed by atoms with Gasteiger partial charge in [0.05, 0.1) is 0 Å². The van der Waals surface area contributed by atoms with Gasteiger partial charge in [0, 0.05) is 0 Å². The van der Waals surface area contributed by atoms with Crippen LogP contribution in [0, 0.1) is 5.92 Å². The molecule has 1 atom stereocenters. The largest absolute Gasteiger partial charge is 1.00 e. The van der Waals surface area contributed by atoms with Gasteiger partial charge in [-0.2, -0.15) is 0 Å². The van der Waals surface area contributed by atoms with E-state index in [1.165, 1.54) is 6.42 Å². The summed E-state index contributed by atoms with van der Waals surface area (Å²) in [5.41, 5.74) is 0.961. The second-order valence-electron chi connectivity index (χ2n) is 3.66. The molecule has 72 valence electrons. The van der Waals surface area contributed by atoms with Crippen LogP contribution in [0.15, 0.2) is 24.3 Å². The van der Waals surface area contributed by atoms with Crippen LogP contribution in [0.2, 0.25) is 0 Å². The summed E-state index contributed by atoms with van der Waals surface area (Å²) in [5, 5.41) is 11.3. The van der Waals surface area contributed by atoms with Crippen molar-refractivity contribution in [2.75, 3.05) is 0 Å². The maximum atomic E-state index is 11.3. The summed E-state index contributed by atoms with van der Waals surface area (Å²) in [5.74, 6) is 0.908. The van der Waals surface area contributed by atoms with Crippen molar-refractivity contribution < 1.29 is 63.3 Å². The van der Waals surface area contributed by atoms with Crippen molar-refractivity contribution in [3.05, 3.63) is 29.8 Å². The van der Waals surface area contributed by atoms with Gasteiger partial charge in [0.2, 0.25) is 0 Å². The van der Waals surface area contributed by atoms with E-state index < -0.39 is 0 Å². The van der Waals surface area contributed by atoms with E-state index in [1.54, 1.807) is 12.1 Å². The Hall–Kier alpha value is 0.825. The molecule has 0 saturated carbocycles. The Bertz CT molecular complexity index is 260. The Morgan fingerprint density at radius 2 is 1.93 bits per heavy atom. The molecule has 0 radical (unpaired) electrons. The third-order valence-corrected chi connectivity index (χ3v) is 2.58. The van der Waals surface area contributed by atoms with E-state index in [-0.39, 0.29) is 63.9 Å². The van der Waals surface area contributed by atoms with Crippen molar-refractivity contribution in [2.45, 2.75) is 33.1 Å². The van der Waals surface area contributed by atoms with Gasteiger partial charge >= 0.3 is 58.2 Å². The van der Waals surface area contributed by atoms with E-state index in [4.69, 9.17) is 0 Å². The monoisotopic (exact) mass is 262 g/mol. The van der Waals surface area contributed by atoms with Gasteiger partial charge in [-0.05, 0) is 18.8 Å². The average Bonchev–Trinajstić information content (AvgIpc) is 2.16. The van der Waals surface area contributed by atoms with E-state index in [0.717, 1.165) is 24.3 Å². The van der Waals surface area contributed by atoms with Crippen LogP contribution in [0.4, 0.5) is 0 Å². The van der Waals surface area contributed by atoms with Gasteiger partial charge in [-0.1, -0.05) is 50.1 Å². The van der Waals surface area contributed by atoms with Crippen LogP contribution in [0.25, 0.3) is 0 Å². The summed E-state index contributed by atoms with van der Waals surface area (Å²) in [6.45, 7) is 4.42. The third kappa shape index (κ3) is 5.06. The number of aryl methyl sites for hydroxylation is 1. The molecule has 0 unspecified atom stereocenters. The van der Waals surface area contributed by atoms with Crippen LogP contribution >= 0.6 is 0 Å². The van der Waals surface area contributed by atoms with E-state index in [9.17, 15) is 5.11 Å². The molecule has 0 aliphatic heterocycles. The van der Waals surface area contributed by atoms with Gasteiger partial charge in [-0.3, -0.25) is 0 Å². The molecule has 14 heavy (non-hydrogen) atoms. The van der Waals surface area contributed by atoms with Crippen LogP contribution in [0.1, 0.15) is 32.3 Å². The number of hydrogen-bond donors (Lipinski definition) is 0. The van der Waals surface area contributed by atoms with Crippen LogP contribution in [-0.4, -0.2) is 0 Å². The van der Waals surface area contributed by atoms with Gasteiger partial charge in [-0.25, -0.2) is 0 Å². The van der Waals surface area contributed by atoms with Crippen LogP contribution in [0.5, 0.6) is 5.75 Å². The summed E-state index contributed by atoms with van der Waals surface area (Å²) in [6.07, 6.45) is 3.24. The van der Waals surface area contributed by atoms with Gasteiger partial charge in [-0.15, -0.1) is 5.75 Å². The molecule has 1 nitrogen and oxygen atoms in total. The molecule has 1 aromatic carbocycles. The Labute approximate surface area is 136 Å². The smallest absolute Gasteiger partial charge is 0.872 e. The maximum absolute atomic E-state index is 11.3. The van der Waals surface area contributed by atoms with E-state index in [1.807, 2.05) is 12.1 Å². The maximum Gasteiger partial charge on any atom is 1.00 e. The molecule has 0 aliphatic carbocycles. The molecule has 0 aliphatic rings. The molecule has 1 rings (SSSR count). The van der Waals surface area contributed by atoms with Gasteiger partial charge in [0.25, 0.3) is 0 Å². The predicted molar refractivity (Wildman–Crippen MR) is 53.7 cm³/mol. The minimum atomic E-state index is 0. The fourth-order valence-electron chi connectivity index (χ4n) is 1.32. The van der Waals surface area contributed by atoms with Crippen molar-refractivity contribution in [1.29, 1.82) is 0 Å². The SMILES string of the molecule is CC[C@@H](C)CCc1ccccc1[O-].[Rb+]. The zero-order valence-corrected chi connectivity index (χ0v) is 14.3. The minimum Gasteiger partial charge on any atom is -0.872 e. The molecule has 0 bridgehead atoms. The van der Waals surface area contributed by atoms with Crippen molar-refractivity contribution in [3.8, 4) is 5.75 Å². The average molecular weight is 263 g/mol. The first-order valence-electron chi connectivity index (χ1n) is 4.99. The molecule has 1 aromatic rings. The molecular weight excluding hydrogens is 246 g/mol. The molecule has 0 saturated heterocycles. The van der Waals surface area contributed by atoms with E-state index in [2.05, 4.69) is 13.8 Å². The number of rotatable bonds is 4. The molecule has 0 spiro atoms. The Balaban J connectivity index is 0.00000169. The van der Waals surface area contributed by atoms with Crippen LogP contribution in [0.3, 0.4) is 0 Å².